The third-order valence-corrected chi connectivity index (χ3v) is 5.34. The van der Waals surface area contributed by atoms with Crippen molar-refractivity contribution < 1.29 is 0 Å². The Morgan fingerprint density at radius 1 is 0.929 bits per heavy atom. The summed E-state index contributed by atoms with van der Waals surface area (Å²) in [7, 11) is 0. The van der Waals surface area contributed by atoms with Crippen molar-refractivity contribution in [3.63, 3.8) is 0 Å². The van der Waals surface area contributed by atoms with E-state index in [1.165, 1.54) is 5.39 Å². The van der Waals surface area contributed by atoms with Crippen LogP contribution in [-0.4, -0.2) is 9.97 Å². The highest BCUT2D eigenvalue weighted by molar-refractivity contribution is 9.10. The lowest BCUT2D eigenvalue weighted by Gasteiger charge is -2.12. The molecule has 0 N–H and O–H groups in total. The van der Waals surface area contributed by atoms with Gasteiger partial charge in [-0.1, -0.05) is 83.5 Å². The molecule has 0 saturated heterocycles. The molecule has 3 heteroatoms. The summed E-state index contributed by atoms with van der Waals surface area (Å²) in [6, 6.07) is 20.8. The number of allylic oxidation sites excluding steroid dienone is 4. The fourth-order valence-electron chi connectivity index (χ4n) is 3.37. The molecule has 138 valence electrons. The van der Waals surface area contributed by atoms with Gasteiger partial charge in [-0.25, -0.2) is 9.97 Å². The number of fused-ring (bicyclic) bond motifs is 3. The van der Waals surface area contributed by atoms with Gasteiger partial charge in [0.1, 0.15) is 0 Å². The summed E-state index contributed by atoms with van der Waals surface area (Å²) in [5.41, 5.74) is 4.09. The minimum absolute atomic E-state index is 0.746. The van der Waals surface area contributed by atoms with Crippen LogP contribution in [0.5, 0.6) is 0 Å². The van der Waals surface area contributed by atoms with Crippen LogP contribution in [0.15, 0.2) is 83.4 Å². The van der Waals surface area contributed by atoms with E-state index >= 15 is 0 Å². The number of hydrogen-bond acceptors (Lipinski definition) is 2. The first-order valence-corrected chi connectivity index (χ1v) is 10.3. The second-order valence-corrected chi connectivity index (χ2v) is 7.56. The van der Waals surface area contributed by atoms with Gasteiger partial charge in [0.05, 0.1) is 11.2 Å². The van der Waals surface area contributed by atoms with E-state index in [1.807, 2.05) is 12.1 Å². The molecule has 0 unspecified atom stereocenters. The first kappa shape index (κ1) is 18.6. The molecule has 0 atom stereocenters. The van der Waals surface area contributed by atoms with Crippen LogP contribution in [0.25, 0.3) is 38.6 Å². The van der Waals surface area contributed by atoms with Gasteiger partial charge in [0, 0.05) is 20.8 Å². The van der Waals surface area contributed by atoms with Crippen LogP contribution in [-0.2, 0) is 0 Å². The normalized spacial score (nSPS) is 12.3. The predicted molar refractivity (Wildman–Crippen MR) is 123 cm³/mol. The van der Waals surface area contributed by atoms with E-state index in [2.05, 4.69) is 96.5 Å². The maximum absolute atomic E-state index is 4.99. The van der Waals surface area contributed by atoms with Crippen molar-refractivity contribution >= 4 is 43.2 Å². The summed E-state index contributed by atoms with van der Waals surface area (Å²) in [6.45, 7) is 4.20. The molecule has 1 heterocycles. The number of halogens is 1. The average molecular weight is 429 g/mol. The maximum atomic E-state index is 4.99. The molecular formula is C25H21BrN2. The van der Waals surface area contributed by atoms with Crippen LogP contribution >= 0.6 is 15.9 Å². The predicted octanol–water partition coefficient (Wildman–Crippen LogP) is 7.58. The van der Waals surface area contributed by atoms with Crippen molar-refractivity contribution in [3.05, 3.63) is 89.1 Å². The Morgan fingerprint density at radius 3 is 2.46 bits per heavy atom. The fraction of sp³-hybridized carbons (Fsp3) is 0.120. The van der Waals surface area contributed by atoms with Crippen LogP contribution in [0, 0.1) is 0 Å². The Morgan fingerprint density at radius 2 is 1.71 bits per heavy atom. The molecule has 0 bridgehead atoms. The Balaban J connectivity index is 2.07. The number of rotatable bonds is 4. The molecule has 4 aromatic rings. The maximum Gasteiger partial charge on any atom is 0.160 e. The Labute approximate surface area is 173 Å². The topological polar surface area (TPSA) is 25.8 Å². The lowest BCUT2D eigenvalue weighted by Crippen LogP contribution is -1.98. The van der Waals surface area contributed by atoms with Gasteiger partial charge in [0.25, 0.3) is 0 Å². The molecule has 28 heavy (non-hydrogen) atoms. The van der Waals surface area contributed by atoms with Gasteiger partial charge in [-0.05, 0) is 42.5 Å². The highest BCUT2D eigenvalue weighted by Crippen LogP contribution is 2.32. The molecular weight excluding hydrogens is 408 g/mol. The van der Waals surface area contributed by atoms with Crippen molar-refractivity contribution in [2.75, 3.05) is 0 Å². The molecule has 0 amide bonds. The van der Waals surface area contributed by atoms with Gasteiger partial charge in [0.15, 0.2) is 5.82 Å². The van der Waals surface area contributed by atoms with E-state index in [4.69, 9.17) is 9.97 Å². The van der Waals surface area contributed by atoms with E-state index in [0.717, 1.165) is 49.8 Å². The first-order chi connectivity index (χ1) is 13.7. The monoisotopic (exact) mass is 428 g/mol. The van der Waals surface area contributed by atoms with E-state index in [0.29, 0.717) is 0 Å². The minimum Gasteiger partial charge on any atom is -0.227 e. The number of nitrogens with zero attached hydrogens (tertiary/aromatic N) is 2. The summed E-state index contributed by atoms with van der Waals surface area (Å²) in [4.78, 5) is 9.97. The van der Waals surface area contributed by atoms with E-state index < -0.39 is 0 Å². The van der Waals surface area contributed by atoms with Gasteiger partial charge in [-0.15, -0.1) is 0 Å². The lowest BCUT2D eigenvalue weighted by molar-refractivity contribution is 1.20. The van der Waals surface area contributed by atoms with Crippen molar-refractivity contribution in [2.45, 2.75) is 20.3 Å². The SMILES string of the molecule is C/C=C(\C=C/CC)c1nc(-c2ccc(Br)cc2)nc2c1ccc1ccccc12. The second-order valence-electron chi connectivity index (χ2n) is 6.64. The Kier molecular flexibility index (Phi) is 5.36. The molecule has 1 aromatic heterocycles. The van der Waals surface area contributed by atoms with Crippen molar-refractivity contribution in [1.82, 2.24) is 9.97 Å². The number of aromatic nitrogens is 2. The smallest absolute Gasteiger partial charge is 0.160 e. The molecule has 0 aliphatic carbocycles. The largest absolute Gasteiger partial charge is 0.227 e. The molecule has 0 aliphatic heterocycles. The summed E-state index contributed by atoms with van der Waals surface area (Å²) < 4.78 is 1.04. The average Bonchev–Trinajstić information content (AvgIpc) is 2.74. The molecule has 0 radical (unpaired) electrons. The highest BCUT2D eigenvalue weighted by Gasteiger charge is 2.13. The van der Waals surface area contributed by atoms with Crippen LogP contribution in [0.4, 0.5) is 0 Å². The summed E-state index contributed by atoms with van der Waals surface area (Å²) in [5.74, 6) is 0.746. The second kappa shape index (κ2) is 8.07. The molecule has 0 fully saturated rings. The Hall–Kier alpha value is -2.78. The quantitative estimate of drug-likeness (QED) is 0.247. The minimum atomic E-state index is 0.746. The summed E-state index contributed by atoms with van der Waals surface area (Å²) in [6.07, 6.45) is 7.43. The van der Waals surface area contributed by atoms with Gasteiger partial charge < -0.3 is 0 Å². The number of hydrogen-bond donors (Lipinski definition) is 0. The van der Waals surface area contributed by atoms with Crippen LogP contribution in [0.3, 0.4) is 0 Å². The van der Waals surface area contributed by atoms with Gasteiger partial charge in [-0.3, -0.25) is 0 Å². The zero-order chi connectivity index (χ0) is 19.5. The lowest BCUT2D eigenvalue weighted by atomic mass is 10.0. The first-order valence-electron chi connectivity index (χ1n) is 9.50. The van der Waals surface area contributed by atoms with Gasteiger partial charge in [-0.2, -0.15) is 0 Å². The van der Waals surface area contributed by atoms with Crippen LogP contribution < -0.4 is 0 Å². The number of benzene rings is 3. The molecule has 0 saturated carbocycles. The summed E-state index contributed by atoms with van der Waals surface area (Å²) in [5, 5.41) is 3.41. The van der Waals surface area contributed by atoms with Crippen molar-refractivity contribution in [1.29, 1.82) is 0 Å². The third kappa shape index (κ3) is 3.50. The van der Waals surface area contributed by atoms with Crippen LogP contribution in [0.2, 0.25) is 0 Å². The van der Waals surface area contributed by atoms with E-state index in [-0.39, 0.29) is 0 Å². The summed E-state index contributed by atoms with van der Waals surface area (Å²) >= 11 is 3.51. The zero-order valence-electron chi connectivity index (χ0n) is 16.0. The third-order valence-electron chi connectivity index (χ3n) is 4.81. The molecule has 0 aliphatic rings. The Bertz CT molecular complexity index is 1200. The molecule has 2 nitrogen and oxygen atoms in total. The van der Waals surface area contributed by atoms with Crippen LogP contribution in [0.1, 0.15) is 26.0 Å². The molecule has 4 rings (SSSR count). The van der Waals surface area contributed by atoms with Crippen molar-refractivity contribution in [3.8, 4) is 11.4 Å². The highest BCUT2D eigenvalue weighted by atomic mass is 79.9. The van der Waals surface area contributed by atoms with Crippen molar-refractivity contribution in [2.24, 2.45) is 0 Å². The molecule has 3 aromatic carbocycles. The standard InChI is InChI=1S/C25H21BrN2/c1-3-5-8-17(4-2)23-22-16-13-18-9-6-7-10-21(18)24(22)28-25(27-23)19-11-14-20(26)15-12-19/h4-16H,3H2,1-2H3/b8-5-,17-4+. The van der Waals surface area contributed by atoms with Gasteiger partial charge in [0.2, 0.25) is 0 Å². The fourth-order valence-corrected chi connectivity index (χ4v) is 3.63. The van der Waals surface area contributed by atoms with Gasteiger partial charge >= 0.3 is 0 Å². The van der Waals surface area contributed by atoms with E-state index in [1.54, 1.807) is 0 Å². The zero-order valence-corrected chi connectivity index (χ0v) is 17.6. The molecule has 0 spiro atoms. The van der Waals surface area contributed by atoms with E-state index in [9.17, 15) is 0 Å².